The van der Waals surface area contributed by atoms with Gasteiger partial charge < -0.3 is 59.4 Å². The minimum absolute atomic E-state index is 0.00283. The molecule has 1 aromatic rings. The number of phenols is 1. The lowest BCUT2D eigenvalue weighted by Crippen LogP contribution is -2.59. The molecule has 0 aromatic heterocycles. The highest BCUT2D eigenvalue weighted by Gasteiger charge is 2.50. The summed E-state index contributed by atoms with van der Waals surface area (Å²) < 4.78 is 26.6. The molecule has 1 aromatic carbocycles. The van der Waals surface area contributed by atoms with Crippen LogP contribution in [0.5, 0.6) is 11.5 Å². The second-order valence-corrected chi connectivity index (χ2v) is 7.86. The van der Waals surface area contributed by atoms with Gasteiger partial charge in [0.15, 0.2) is 24.1 Å². The van der Waals surface area contributed by atoms with Gasteiger partial charge in [-0.05, 0) is 24.1 Å². The summed E-state index contributed by atoms with van der Waals surface area (Å²) in [5, 5.41) is 69.4. The Bertz CT molecular complexity index is 747. The van der Waals surface area contributed by atoms with E-state index < -0.39 is 55.3 Å². The summed E-state index contributed by atoms with van der Waals surface area (Å²) in [5.74, 6) is 0.300. The van der Waals surface area contributed by atoms with Crippen molar-refractivity contribution in [2.45, 2.75) is 55.1 Å². The Kier molecular flexibility index (Phi) is 8.27. The molecule has 3 rings (SSSR count). The monoisotopic (exact) mass is 462 g/mol. The maximum Gasteiger partial charge on any atom is 0.186 e. The summed E-state index contributed by atoms with van der Waals surface area (Å²) in [6.45, 7) is -1.36. The Hall–Kier alpha value is -1.58. The first-order valence-electron chi connectivity index (χ1n) is 10.1. The van der Waals surface area contributed by atoms with E-state index in [-0.39, 0.29) is 25.6 Å². The van der Waals surface area contributed by atoms with E-state index in [4.69, 9.17) is 23.7 Å². The van der Waals surface area contributed by atoms with Crippen molar-refractivity contribution in [2.24, 2.45) is 0 Å². The average Bonchev–Trinajstić information content (AvgIpc) is 3.08. The molecule has 0 aliphatic carbocycles. The van der Waals surface area contributed by atoms with Crippen LogP contribution in [-0.2, 0) is 25.4 Å². The van der Waals surface area contributed by atoms with Crippen LogP contribution in [0.1, 0.15) is 5.56 Å². The summed E-state index contributed by atoms with van der Waals surface area (Å²) in [6, 6.07) is 4.78. The zero-order chi connectivity index (χ0) is 23.5. The Balaban J connectivity index is 1.53. The van der Waals surface area contributed by atoms with Gasteiger partial charge in [0.25, 0.3) is 0 Å². The fraction of sp³-hybridized carbons (Fsp3) is 0.700. The predicted molar refractivity (Wildman–Crippen MR) is 105 cm³/mol. The van der Waals surface area contributed by atoms with Crippen molar-refractivity contribution in [1.29, 1.82) is 0 Å². The molecule has 0 radical (unpaired) electrons. The third-order valence-corrected chi connectivity index (χ3v) is 5.59. The van der Waals surface area contributed by atoms with Crippen molar-refractivity contribution in [1.82, 2.24) is 0 Å². The summed E-state index contributed by atoms with van der Waals surface area (Å²) in [5.41, 5.74) is -1.08. The zero-order valence-electron chi connectivity index (χ0n) is 17.5. The van der Waals surface area contributed by atoms with Gasteiger partial charge in [-0.2, -0.15) is 0 Å². The third-order valence-electron chi connectivity index (χ3n) is 5.59. The van der Waals surface area contributed by atoms with Crippen LogP contribution in [0, 0.1) is 0 Å². The van der Waals surface area contributed by atoms with Crippen LogP contribution in [0.15, 0.2) is 18.2 Å². The maximum atomic E-state index is 10.2. The van der Waals surface area contributed by atoms with Crippen molar-refractivity contribution in [2.75, 3.05) is 33.5 Å². The molecular weight excluding hydrogens is 432 g/mol. The zero-order valence-corrected chi connectivity index (χ0v) is 17.5. The number of hydrogen-bond donors (Lipinski definition) is 7. The number of aliphatic hydroxyl groups excluding tert-OH is 5. The van der Waals surface area contributed by atoms with Crippen LogP contribution in [-0.4, -0.2) is 118 Å². The van der Waals surface area contributed by atoms with Gasteiger partial charge in [-0.25, -0.2) is 0 Å². The van der Waals surface area contributed by atoms with E-state index in [1.165, 1.54) is 13.2 Å². The van der Waals surface area contributed by atoms with Gasteiger partial charge in [0.2, 0.25) is 0 Å². The number of phenolic OH excluding ortho intramolecular Hbond substituents is 1. The lowest BCUT2D eigenvalue weighted by Gasteiger charge is -2.40. The van der Waals surface area contributed by atoms with E-state index in [0.717, 1.165) is 5.56 Å². The van der Waals surface area contributed by atoms with Crippen LogP contribution in [0.4, 0.5) is 0 Å². The Morgan fingerprint density at radius 3 is 2.47 bits per heavy atom. The molecule has 2 fully saturated rings. The van der Waals surface area contributed by atoms with Gasteiger partial charge in [0.05, 0.1) is 33.5 Å². The summed E-state index contributed by atoms with van der Waals surface area (Å²) in [7, 11) is 1.43. The molecule has 7 N–H and O–H groups in total. The van der Waals surface area contributed by atoms with Crippen LogP contribution in [0.2, 0.25) is 0 Å². The molecule has 182 valence electrons. The quantitative estimate of drug-likeness (QED) is 0.200. The van der Waals surface area contributed by atoms with Crippen LogP contribution < -0.4 is 4.74 Å². The average molecular weight is 462 g/mol. The maximum absolute atomic E-state index is 10.2. The number of benzene rings is 1. The number of rotatable bonds is 9. The lowest BCUT2D eigenvalue weighted by molar-refractivity contribution is -0.309. The van der Waals surface area contributed by atoms with Crippen molar-refractivity contribution < 1.29 is 59.4 Å². The van der Waals surface area contributed by atoms with Gasteiger partial charge in [0, 0.05) is 0 Å². The van der Waals surface area contributed by atoms with E-state index in [1.807, 2.05) is 0 Å². The summed E-state index contributed by atoms with van der Waals surface area (Å²) >= 11 is 0. The third kappa shape index (κ3) is 5.31. The molecule has 2 heterocycles. The molecule has 32 heavy (non-hydrogen) atoms. The highest BCUT2D eigenvalue weighted by atomic mass is 16.7. The molecule has 2 aliphatic rings. The predicted octanol–water partition coefficient (Wildman–Crippen LogP) is -2.78. The minimum atomic E-state index is -1.87. The van der Waals surface area contributed by atoms with E-state index in [9.17, 15) is 35.7 Å². The fourth-order valence-electron chi connectivity index (χ4n) is 3.49. The van der Waals surface area contributed by atoms with Gasteiger partial charge >= 0.3 is 0 Å². The lowest BCUT2D eigenvalue weighted by atomic mass is 9.99. The van der Waals surface area contributed by atoms with E-state index in [0.29, 0.717) is 12.2 Å². The number of hydrogen-bond acceptors (Lipinski definition) is 12. The topological polar surface area (TPSA) is 188 Å². The van der Waals surface area contributed by atoms with Gasteiger partial charge in [-0.15, -0.1) is 0 Å². The van der Waals surface area contributed by atoms with Crippen LogP contribution in [0.25, 0.3) is 0 Å². The second kappa shape index (κ2) is 10.6. The Morgan fingerprint density at radius 2 is 1.81 bits per heavy atom. The van der Waals surface area contributed by atoms with Crippen molar-refractivity contribution in [3.63, 3.8) is 0 Å². The summed E-state index contributed by atoms with van der Waals surface area (Å²) in [6.07, 6.45) is -9.46. The number of aromatic hydroxyl groups is 1. The Labute approximate surface area is 184 Å². The molecule has 0 unspecified atom stereocenters. The molecule has 0 spiro atoms. The standard InChI is InChI=1S/C20H30O12/c1-28-12-6-10(2-3-11(12)22)4-5-29-18-16(25)15(24)14(23)13(32-18)7-30-19-17(26)20(27,8-21)9-31-19/h2-3,6,13-19,21-27H,4-5,7-9H2,1H3/t13-,14-,15+,16-,17+,18-,19-,20-/m1/s1. The normalized spacial score (nSPS) is 37.5. The molecule has 12 nitrogen and oxygen atoms in total. The van der Waals surface area contributed by atoms with E-state index >= 15 is 0 Å². The first kappa shape index (κ1) is 25.1. The number of ether oxygens (including phenoxy) is 5. The highest BCUT2D eigenvalue weighted by molar-refractivity contribution is 5.41. The van der Waals surface area contributed by atoms with Crippen molar-refractivity contribution in [3.05, 3.63) is 23.8 Å². The van der Waals surface area contributed by atoms with E-state index in [2.05, 4.69) is 0 Å². The van der Waals surface area contributed by atoms with Crippen LogP contribution >= 0.6 is 0 Å². The first-order chi connectivity index (χ1) is 15.2. The molecule has 2 aliphatic heterocycles. The largest absolute Gasteiger partial charge is 0.504 e. The van der Waals surface area contributed by atoms with E-state index in [1.54, 1.807) is 12.1 Å². The summed E-state index contributed by atoms with van der Waals surface area (Å²) in [4.78, 5) is 0. The molecule has 0 saturated carbocycles. The van der Waals surface area contributed by atoms with Crippen LogP contribution in [0.3, 0.4) is 0 Å². The molecule has 12 heteroatoms. The second-order valence-electron chi connectivity index (χ2n) is 7.86. The van der Waals surface area contributed by atoms with Gasteiger partial charge in [-0.1, -0.05) is 6.07 Å². The molecule has 2 saturated heterocycles. The van der Waals surface area contributed by atoms with Crippen molar-refractivity contribution in [3.8, 4) is 11.5 Å². The molecule has 0 amide bonds. The van der Waals surface area contributed by atoms with Gasteiger partial charge in [-0.3, -0.25) is 0 Å². The van der Waals surface area contributed by atoms with Crippen molar-refractivity contribution >= 4 is 0 Å². The molecule has 0 bridgehead atoms. The smallest absolute Gasteiger partial charge is 0.186 e. The highest BCUT2D eigenvalue weighted by Crippen LogP contribution is 2.29. The first-order valence-corrected chi connectivity index (χ1v) is 10.1. The molecular formula is C20H30O12. The number of aliphatic hydroxyl groups is 6. The van der Waals surface area contributed by atoms with Gasteiger partial charge in [0.1, 0.15) is 36.1 Å². The fourth-order valence-corrected chi connectivity index (χ4v) is 3.49. The Morgan fingerprint density at radius 1 is 1.06 bits per heavy atom. The SMILES string of the molecule is COc1cc(CCO[C@@H]2O[C@H](CO[C@@H]3OC[C@](O)(CO)[C@H]3O)[C@@H](O)[C@H](O)[C@H]2O)ccc1O. The minimum Gasteiger partial charge on any atom is -0.504 e. The number of methoxy groups -OCH3 is 1. The molecule has 8 atom stereocenters.